The molecule has 0 fully saturated rings. The van der Waals surface area contributed by atoms with Crippen molar-refractivity contribution in [1.82, 2.24) is 19.9 Å². The number of pyridine rings is 2. The topological polar surface area (TPSA) is 107 Å². The lowest BCUT2D eigenvalue weighted by atomic mass is 10.0. The number of halogens is 6. The smallest absolute Gasteiger partial charge is 0.366 e. The highest BCUT2D eigenvalue weighted by atomic mass is 19.4. The number of benzene rings is 1. The molecule has 34 heavy (non-hydrogen) atoms. The van der Waals surface area contributed by atoms with Crippen molar-refractivity contribution in [3.05, 3.63) is 71.7 Å². The molecule has 1 aromatic carbocycles. The lowest BCUT2D eigenvalue weighted by Crippen LogP contribution is -2.14. The van der Waals surface area contributed by atoms with Crippen molar-refractivity contribution in [3.63, 3.8) is 0 Å². The second-order valence-corrected chi connectivity index (χ2v) is 6.96. The highest BCUT2D eigenvalue weighted by molar-refractivity contribution is 5.94. The predicted molar refractivity (Wildman–Crippen MR) is 109 cm³/mol. The molecule has 4 rings (SSSR count). The minimum absolute atomic E-state index is 0.0264. The molecule has 3 heterocycles. The first-order valence-corrected chi connectivity index (χ1v) is 9.37. The number of anilines is 2. The normalized spacial score (nSPS) is 12.1. The fourth-order valence-corrected chi connectivity index (χ4v) is 3.08. The molecular formula is C21H12F6N6O. The highest BCUT2D eigenvalue weighted by Gasteiger charge is 2.35. The fraction of sp³-hybridized carbons (Fsp3) is 0.0952. The van der Waals surface area contributed by atoms with Gasteiger partial charge < -0.3 is 11.1 Å². The van der Waals surface area contributed by atoms with Crippen molar-refractivity contribution in [2.75, 3.05) is 5.32 Å². The molecule has 0 saturated heterocycles. The summed E-state index contributed by atoms with van der Waals surface area (Å²) < 4.78 is 78.9. The van der Waals surface area contributed by atoms with Crippen LogP contribution in [0.2, 0.25) is 0 Å². The zero-order valence-electron chi connectivity index (χ0n) is 16.7. The molecule has 0 aliphatic rings. The van der Waals surface area contributed by atoms with Crippen LogP contribution in [0, 0.1) is 0 Å². The minimum Gasteiger partial charge on any atom is -0.366 e. The van der Waals surface area contributed by atoms with E-state index in [9.17, 15) is 31.1 Å². The number of alkyl halides is 6. The Morgan fingerprint density at radius 1 is 0.882 bits per heavy atom. The summed E-state index contributed by atoms with van der Waals surface area (Å²) >= 11 is 0. The van der Waals surface area contributed by atoms with Gasteiger partial charge in [-0.2, -0.15) is 26.3 Å². The Bertz CT molecular complexity index is 1390. The predicted octanol–water partition coefficient (Wildman–Crippen LogP) is 4.97. The van der Waals surface area contributed by atoms with Gasteiger partial charge in [0, 0.05) is 23.5 Å². The van der Waals surface area contributed by atoms with E-state index in [1.807, 2.05) is 0 Å². The van der Waals surface area contributed by atoms with Crippen LogP contribution in [0.3, 0.4) is 0 Å². The Kier molecular flexibility index (Phi) is 5.55. The van der Waals surface area contributed by atoms with E-state index >= 15 is 0 Å². The van der Waals surface area contributed by atoms with Crippen LogP contribution in [-0.4, -0.2) is 25.8 Å². The van der Waals surface area contributed by atoms with E-state index in [0.29, 0.717) is 12.3 Å². The number of rotatable bonds is 4. The quantitative estimate of drug-likeness (QED) is 0.402. The van der Waals surface area contributed by atoms with Crippen LogP contribution < -0.4 is 11.1 Å². The SMILES string of the molecule is NC(=O)c1ccc(-c2cnc3c(Nc4ccc(C(F)(F)F)cn4)ccnc3n2)c(C(F)(F)F)c1. The van der Waals surface area contributed by atoms with E-state index in [1.165, 1.54) is 12.3 Å². The molecule has 0 atom stereocenters. The van der Waals surface area contributed by atoms with Gasteiger partial charge in [-0.05, 0) is 30.3 Å². The van der Waals surface area contributed by atoms with Gasteiger partial charge in [0.05, 0.1) is 28.7 Å². The molecule has 3 N–H and O–H groups in total. The zero-order chi connectivity index (χ0) is 24.7. The Morgan fingerprint density at radius 3 is 2.26 bits per heavy atom. The summed E-state index contributed by atoms with van der Waals surface area (Å²) in [5.74, 6) is -0.941. The maximum absolute atomic E-state index is 13.6. The molecule has 0 aliphatic heterocycles. The second-order valence-electron chi connectivity index (χ2n) is 6.96. The van der Waals surface area contributed by atoms with Gasteiger partial charge in [0.15, 0.2) is 5.65 Å². The molecule has 4 aromatic rings. The van der Waals surface area contributed by atoms with E-state index in [4.69, 9.17) is 5.73 Å². The van der Waals surface area contributed by atoms with E-state index in [0.717, 1.165) is 30.5 Å². The lowest BCUT2D eigenvalue weighted by Gasteiger charge is -2.14. The van der Waals surface area contributed by atoms with Crippen molar-refractivity contribution >= 4 is 28.6 Å². The molecule has 0 saturated carbocycles. The van der Waals surface area contributed by atoms with Crippen LogP contribution in [0.25, 0.3) is 22.4 Å². The van der Waals surface area contributed by atoms with Crippen LogP contribution in [0.15, 0.2) is 55.0 Å². The number of nitrogens with one attached hydrogen (secondary N) is 1. The standard InChI is InChI=1S/C21H12F6N6O/c22-20(23,24)11-2-4-16(30-8-11)32-14-5-6-29-19-17(14)31-9-15(33-19)12-3-1-10(18(28)34)7-13(12)21(25,26)27/h1-9H,(H2,28,34)(H,29,30,32,33). The van der Waals surface area contributed by atoms with Crippen molar-refractivity contribution in [1.29, 1.82) is 0 Å². The first kappa shape index (κ1) is 22.9. The Labute approximate surface area is 186 Å². The van der Waals surface area contributed by atoms with Gasteiger partial charge in [0.2, 0.25) is 5.91 Å². The molecule has 174 valence electrons. The van der Waals surface area contributed by atoms with Crippen LogP contribution in [0.5, 0.6) is 0 Å². The maximum atomic E-state index is 13.6. The molecule has 1 amide bonds. The summed E-state index contributed by atoms with van der Waals surface area (Å²) in [6.07, 6.45) is -6.30. The number of nitrogens with zero attached hydrogens (tertiary/aromatic N) is 4. The number of primary amides is 1. The van der Waals surface area contributed by atoms with Gasteiger partial charge in [-0.25, -0.2) is 19.9 Å². The lowest BCUT2D eigenvalue weighted by molar-refractivity contribution is -0.138. The van der Waals surface area contributed by atoms with E-state index in [1.54, 1.807) is 0 Å². The van der Waals surface area contributed by atoms with Crippen molar-refractivity contribution in [2.45, 2.75) is 12.4 Å². The van der Waals surface area contributed by atoms with E-state index in [-0.39, 0.29) is 39.5 Å². The zero-order valence-corrected chi connectivity index (χ0v) is 16.7. The van der Waals surface area contributed by atoms with Crippen molar-refractivity contribution < 1.29 is 31.1 Å². The fourth-order valence-electron chi connectivity index (χ4n) is 3.08. The summed E-state index contributed by atoms with van der Waals surface area (Å²) in [6.45, 7) is 0. The van der Waals surface area contributed by atoms with Crippen molar-refractivity contribution in [3.8, 4) is 11.3 Å². The molecule has 0 radical (unpaired) electrons. The Morgan fingerprint density at radius 2 is 1.65 bits per heavy atom. The first-order valence-electron chi connectivity index (χ1n) is 9.37. The summed E-state index contributed by atoms with van der Waals surface area (Å²) in [7, 11) is 0. The molecular weight excluding hydrogens is 466 g/mol. The second kappa shape index (κ2) is 8.24. The number of nitrogens with two attached hydrogens (primary N) is 1. The third kappa shape index (κ3) is 4.58. The average molecular weight is 478 g/mol. The number of carbonyl (C=O) groups excluding carboxylic acids is 1. The molecule has 0 unspecified atom stereocenters. The number of amides is 1. The van der Waals surface area contributed by atoms with Crippen LogP contribution in [0.1, 0.15) is 21.5 Å². The largest absolute Gasteiger partial charge is 0.417 e. The summed E-state index contributed by atoms with van der Waals surface area (Å²) in [6, 6.07) is 6.25. The van der Waals surface area contributed by atoms with Crippen molar-refractivity contribution in [2.24, 2.45) is 5.73 Å². The number of carbonyl (C=O) groups is 1. The third-order valence-electron chi connectivity index (χ3n) is 4.69. The highest BCUT2D eigenvalue weighted by Crippen LogP contribution is 2.37. The van der Waals surface area contributed by atoms with Gasteiger partial charge in [0.25, 0.3) is 0 Å². The number of hydrogen-bond donors (Lipinski definition) is 2. The first-order chi connectivity index (χ1) is 15.9. The van der Waals surface area contributed by atoms with Crippen LogP contribution in [0.4, 0.5) is 37.8 Å². The third-order valence-corrected chi connectivity index (χ3v) is 4.69. The van der Waals surface area contributed by atoms with Gasteiger partial charge in [-0.1, -0.05) is 6.07 Å². The monoisotopic (exact) mass is 478 g/mol. The number of hydrogen-bond acceptors (Lipinski definition) is 6. The van der Waals surface area contributed by atoms with Gasteiger partial charge in [-0.3, -0.25) is 4.79 Å². The number of fused-ring (bicyclic) bond motifs is 1. The Hall–Kier alpha value is -4.29. The van der Waals surface area contributed by atoms with Crippen LogP contribution in [-0.2, 0) is 12.4 Å². The van der Waals surface area contributed by atoms with Gasteiger partial charge in [-0.15, -0.1) is 0 Å². The average Bonchev–Trinajstić information content (AvgIpc) is 2.77. The maximum Gasteiger partial charge on any atom is 0.417 e. The molecule has 0 spiro atoms. The van der Waals surface area contributed by atoms with Gasteiger partial charge >= 0.3 is 12.4 Å². The summed E-state index contributed by atoms with van der Waals surface area (Å²) in [5, 5.41) is 2.79. The Balaban J connectivity index is 1.73. The van der Waals surface area contributed by atoms with E-state index < -0.39 is 29.4 Å². The molecule has 3 aromatic heterocycles. The summed E-state index contributed by atoms with van der Waals surface area (Å²) in [5.41, 5.74) is 2.62. The molecule has 13 heteroatoms. The van der Waals surface area contributed by atoms with Crippen LogP contribution >= 0.6 is 0 Å². The summed E-state index contributed by atoms with van der Waals surface area (Å²) in [4.78, 5) is 27.3. The molecule has 0 bridgehead atoms. The molecule has 7 nitrogen and oxygen atoms in total. The van der Waals surface area contributed by atoms with E-state index in [2.05, 4.69) is 25.3 Å². The van der Waals surface area contributed by atoms with Gasteiger partial charge in [0.1, 0.15) is 11.3 Å². The molecule has 0 aliphatic carbocycles. The number of aromatic nitrogens is 4. The minimum atomic E-state index is -4.80.